The number of fused-ring (bicyclic) bond motifs is 1. The van der Waals surface area contributed by atoms with Crippen molar-refractivity contribution in [1.82, 2.24) is 10.2 Å². The van der Waals surface area contributed by atoms with Crippen LogP contribution in [0.3, 0.4) is 0 Å². The summed E-state index contributed by atoms with van der Waals surface area (Å²) >= 11 is 0. The van der Waals surface area contributed by atoms with Crippen molar-refractivity contribution in [1.29, 1.82) is 0 Å². The van der Waals surface area contributed by atoms with Gasteiger partial charge in [-0.15, -0.1) is 12.4 Å². The molecule has 2 atom stereocenters. The zero-order chi connectivity index (χ0) is 26.6. The normalized spacial score (nSPS) is 16.1. The molecule has 0 radical (unpaired) electrons. The maximum Gasteiger partial charge on any atom is 0.416 e. The van der Waals surface area contributed by atoms with Gasteiger partial charge in [-0.3, -0.25) is 9.69 Å². The molecule has 1 aliphatic heterocycles. The molecule has 0 spiro atoms. The van der Waals surface area contributed by atoms with Crippen molar-refractivity contribution in [2.24, 2.45) is 0 Å². The van der Waals surface area contributed by atoms with Crippen molar-refractivity contribution < 1.29 is 27.4 Å². The number of aryl methyl sites for hydroxylation is 1. The Kier molecular flexibility index (Phi) is 9.68. The molecule has 5 nitrogen and oxygen atoms in total. The summed E-state index contributed by atoms with van der Waals surface area (Å²) in [7, 11) is 4.80. The quantitative estimate of drug-likeness (QED) is 0.366. The number of nitrogens with one attached hydrogen (secondary N) is 1. The Morgan fingerprint density at radius 3 is 2.24 bits per heavy atom. The van der Waals surface area contributed by atoms with E-state index in [9.17, 15) is 18.0 Å². The van der Waals surface area contributed by atoms with E-state index in [1.54, 1.807) is 21.3 Å². The third kappa shape index (κ3) is 6.25. The summed E-state index contributed by atoms with van der Waals surface area (Å²) in [6, 6.07) is 18.2. The highest BCUT2D eigenvalue weighted by Gasteiger charge is 2.37. The molecule has 0 saturated heterocycles. The van der Waals surface area contributed by atoms with E-state index in [0.29, 0.717) is 37.3 Å². The molecule has 204 valence electrons. The highest BCUT2D eigenvalue weighted by molar-refractivity contribution is 5.85. The van der Waals surface area contributed by atoms with Gasteiger partial charge >= 0.3 is 6.18 Å². The van der Waals surface area contributed by atoms with Crippen LogP contribution in [-0.2, 0) is 23.8 Å². The van der Waals surface area contributed by atoms with Gasteiger partial charge in [0.25, 0.3) is 0 Å². The van der Waals surface area contributed by atoms with Gasteiger partial charge in [-0.25, -0.2) is 0 Å². The van der Waals surface area contributed by atoms with Gasteiger partial charge in [-0.1, -0.05) is 42.5 Å². The van der Waals surface area contributed by atoms with Gasteiger partial charge in [-0.2, -0.15) is 13.2 Å². The fourth-order valence-corrected chi connectivity index (χ4v) is 5.11. The number of benzene rings is 3. The summed E-state index contributed by atoms with van der Waals surface area (Å²) in [4.78, 5) is 15.4. The minimum atomic E-state index is -4.37. The van der Waals surface area contributed by atoms with Crippen LogP contribution in [0.5, 0.6) is 11.5 Å². The number of methoxy groups -OCH3 is 2. The van der Waals surface area contributed by atoms with E-state index >= 15 is 0 Å². The molecule has 1 N–H and O–H groups in total. The molecule has 0 saturated carbocycles. The molecule has 38 heavy (non-hydrogen) atoms. The number of nitrogens with zero attached hydrogens (tertiary/aromatic N) is 1. The maximum atomic E-state index is 13.2. The monoisotopic (exact) mass is 548 g/mol. The number of rotatable bonds is 8. The van der Waals surface area contributed by atoms with E-state index in [0.717, 1.165) is 34.4 Å². The van der Waals surface area contributed by atoms with E-state index in [-0.39, 0.29) is 24.4 Å². The number of ether oxygens (including phenoxy) is 2. The molecule has 4 rings (SSSR count). The van der Waals surface area contributed by atoms with Crippen LogP contribution in [0.2, 0.25) is 0 Å². The number of hydrogen-bond acceptors (Lipinski definition) is 4. The molecular formula is C29H32ClF3N2O3. The van der Waals surface area contributed by atoms with Crippen molar-refractivity contribution in [3.63, 3.8) is 0 Å². The Balaban J connectivity index is 0.00000400. The second-order valence-corrected chi connectivity index (χ2v) is 9.07. The number of carbonyl (C=O) groups is 1. The van der Waals surface area contributed by atoms with Gasteiger partial charge in [0.05, 0.1) is 19.8 Å². The van der Waals surface area contributed by atoms with Gasteiger partial charge in [0.1, 0.15) is 6.04 Å². The molecule has 0 aromatic heterocycles. The van der Waals surface area contributed by atoms with Crippen molar-refractivity contribution in [2.45, 2.75) is 37.5 Å². The molecule has 1 amide bonds. The Hall–Kier alpha value is -3.23. The first kappa shape index (κ1) is 29.3. The smallest absolute Gasteiger partial charge is 0.416 e. The highest BCUT2D eigenvalue weighted by atomic mass is 35.5. The summed E-state index contributed by atoms with van der Waals surface area (Å²) in [6.07, 6.45) is -2.51. The van der Waals surface area contributed by atoms with E-state index in [1.807, 2.05) is 42.5 Å². The SMILES string of the molecule is CNC(=O)[C@@H](c1ccccc1)N1CCc2cc(OC)c(OC)cc2C1CCc1ccc(C(F)(F)F)cc1.Cl. The van der Waals surface area contributed by atoms with E-state index in [2.05, 4.69) is 10.2 Å². The first-order valence-corrected chi connectivity index (χ1v) is 12.2. The molecule has 0 aliphatic carbocycles. The highest BCUT2D eigenvalue weighted by Crippen LogP contribution is 2.43. The van der Waals surface area contributed by atoms with Crippen LogP contribution >= 0.6 is 12.4 Å². The first-order valence-electron chi connectivity index (χ1n) is 12.2. The van der Waals surface area contributed by atoms with Crippen LogP contribution in [0.1, 0.15) is 46.3 Å². The Labute approximate surface area is 227 Å². The Bertz CT molecular complexity index is 1220. The third-order valence-corrected chi connectivity index (χ3v) is 6.97. The minimum Gasteiger partial charge on any atom is -0.493 e. The molecule has 0 fully saturated rings. The predicted molar refractivity (Wildman–Crippen MR) is 143 cm³/mol. The van der Waals surface area contributed by atoms with Gasteiger partial charge in [0.15, 0.2) is 11.5 Å². The number of halogens is 4. The minimum absolute atomic E-state index is 0. The van der Waals surface area contributed by atoms with Gasteiger partial charge in [-0.05, 0) is 65.8 Å². The van der Waals surface area contributed by atoms with E-state index in [1.165, 1.54) is 12.1 Å². The molecule has 1 heterocycles. The summed E-state index contributed by atoms with van der Waals surface area (Å²) in [5, 5.41) is 2.81. The second-order valence-electron chi connectivity index (χ2n) is 9.07. The number of alkyl halides is 3. The summed E-state index contributed by atoms with van der Waals surface area (Å²) in [5.74, 6) is 1.12. The van der Waals surface area contributed by atoms with Crippen molar-refractivity contribution >= 4 is 18.3 Å². The summed E-state index contributed by atoms with van der Waals surface area (Å²) in [6.45, 7) is 0.632. The van der Waals surface area contributed by atoms with Crippen molar-refractivity contribution in [3.8, 4) is 11.5 Å². The second kappa shape index (κ2) is 12.5. The lowest BCUT2D eigenvalue weighted by atomic mass is 9.86. The summed E-state index contributed by atoms with van der Waals surface area (Å²) < 4.78 is 50.2. The maximum absolute atomic E-state index is 13.2. The lowest BCUT2D eigenvalue weighted by Crippen LogP contribution is -2.44. The number of hydrogen-bond donors (Lipinski definition) is 1. The lowest BCUT2D eigenvalue weighted by Gasteiger charge is -2.42. The third-order valence-electron chi connectivity index (χ3n) is 6.97. The number of carbonyl (C=O) groups excluding carboxylic acids is 1. The van der Waals surface area contributed by atoms with Crippen LogP contribution in [0, 0.1) is 0 Å². The van der Waals surface area contributed by atoms with Crippen molar-refractivity contribution in [3.05, 3.63) is 94.5 Å². The fraction of sp³-hybridized carbons (Fsp3) is 0.345. The molecular weight excluding hydrogens is 517 g/mol. The molecule has 9 heteroatoms. The molecule has 1 aliphatic rings. The average molecular weight is 549 g/mol. The molecule has 0 bridgehead atoms. The topological polar surface area (TPSA) is 50.8 Å². The van der Waals surface area contributed by atoms with Crippen LogP contribution in [-0.4, -0.2) is 38.6 Å². The van der Waals surface area contributed by atoms with Crippen LogP contribution in [0.25, 0.3) is 0 Å². The zero-order valence-corrected chi connectivity index (χ0v) is 22.4. The average Bonchev–Trinajstić information content (AvgIpc) is 2.91. The standard InChI is InChI=1S/C29H31F3N2O3.ClH/c1-33-28(35)27(20-7-5-4-6-8-20)34-16-15-21-17-25(36-2)26(37-3)18-23(21)24(34)14-11-19-9-12-22(13-10-19)29(30,31)32;/h4-10,12-13,17-18,24,27H,11,14-16H2,1-3H3,(H,33,35);1H/t24?,27-;/m1./s1. The zero-order valence-electron chi connectivity index (χ0n) is 21.5. The number of amides is 1. The van der Waals surface area contributed by atoms with Crippen LogP contribution < -0.4 is 14.8 Å². The van der Waals surface area contributed by atoms with E-state index in [4.69, 9.17) is 9.47 Å². The fourth-order valence-electron chi connectivity index (χ4n) is 5.11. The largest absolute Gasteiger partial charge is 0.493 e. The molecule has 3 aromatic rings. The molecule has 1 unspecified atom stereocenters. The van der Waals surface area contributed by atoms with Gasteiger partial charge in [0, 0.05) is 19.6 Å². The Morgan fingerprint density at radius 2 is 1.66 bits per heavy atom. The first-order chi connectivity index (χ1) is 17.8. The molecule has 3 aromatic carbocycles. The van der Waals surface area contributed by atoms with E-state index < -0.39 is 17.8 Å². The van der Waals surface area contributed by atoms with Gasteiger partial charge in [0.2, 0.25) is 5.91 Å². The van der Waals surface area contributed by atoms with Crippen molar-refractivity contribution in [2.75, 3.05) is 27.8 Å². The predicted octanol–water partition coefficient (Wildman–Crippen LogP) is 6.16. The lowest BCUT2D eigenvalue weighted by molar-refractivity contribution is -0.137. The Morgan fingerprint density at radius 1 is 1.03 bits per heavy atom. The van der Waals surface area contributed by atoms with Crippen LogP contribution in [0.4, 0.5) is 13.2 Å². The van der Waals surface area contributed by atoms with Gasteiger partial charge < -0.3 is 14.8 Å². The number of likely N-dealkylation sites (N-methyl/N-ethyl adjacent to an activating group) is 1. The van der Waals surface area contributed by atoms with Crippen LogP contribution in [0.15, 0.2) is 66.7 Å². The summed E-state index contributed by atoms with van der Waals surface area (Å²) in [5.41, 5.74) is 3.15.